The van der Waals surface area contributed by atoms with Gasteiger partial charge in [0.05, 0.1) is 5.92 Å². The molecule has 1 unspecified atom stereocenters. The van der Waals surface area contributed by atoms with E-state index in [1.54, 1.807) is 0 Å². The third-order valence-electron chi connectivity index (χ3n) is 6.19. The van der Waals surface area contributed by atoms with Crippen LogP contribution in [0.4, 0.5) is 4.79 Å². The number of nitrogens with one attached hydrogen (secondary N) is 1. The maximum Gasteiger partial charge on any atom is 0.324 e. The molecule has 3 atom stereocenters. The monoisotopic (exact) mass is 380 g/mol. The molecule has 0 spiro atoms. The minimum atomic E-state index is -0.306. The number of hydrogen-bond acceptors (Lipinski definition) is 5. The van der Waals surface area contributed by atoms with Crippen molar-refractivity contribution in [1.82, 2.24) is 20.0 Å². The Morgan fingerprint density at radius 1 is 1.19 bits per heavy atom. The molecule has 1 aliphatic heterocycles. The van der Waals surface area contributed by atoms with Crippen molar-refractivity contribution in [3.8, 4) is 0 Å². The van der Waals surface area contributed by atoms with Crippen molar-refractivity contribution in [2.75, 3.05) is 46.3 Å². The number of urea groups is 1. The van der Waals surface area contributed by atoms with Crippen LogP contribution in [0.2, 0.25) is 0 Å². The van der Waals surface area contributed by atoms with E-state index in [2.05, 4.69) is 29.0 Å². The molecule has 0 aromatic rings. The van der Waals surface area contributed by atoms with Crippen LogP contribution in [0, 0.1) is 11.8 Å². The topological polar surface area (TPSA) is 73.0 Å². The van der Waals surface area contributed by atoms with Gasteiger partial charge < -0.3 is 15.1 Å². The summed E-state index contributed by atoms with van der Waals surface area (Å²) < 4.78 is 0. The number of likely N-dealkylation sites (tertiary alicyclic amines) is 1. The van der Waals surface area contributed by atoms with Crippen molar-refractivity contribution < 1.29 is 14.4 Å². The zero-order chi connectivity index (χ0) is 20.0. The standard InChI is InChI=1S/C20H36N4O3/c1-5-23(6-2)11-10-21-20(27)24(7-3)19(26)16-12-15-13-17(25)8-9-18(15)22(4)14-16/h15-16,18H,5-14H2,1-4H3,(H,21,27)/t15?,16-,18-/m1/s1. The molecule has 1 saturated carbocycles. The molecule has 0 aromatic carbocycles. The fourth-order valence-electron chi connectivity index (χ4n) is 4.57. The summed E-state index contributed by atoms with van der Waals surface area (Å²) in [7, 11) is 2.04. The number of carbonyl (C=O) groups excluding carboxylic acids is 3. The number of carbonyl (C=O) groups is 3. The quantitative estimate of drug-likeness (QED) is 0.726. The van der Waals surface area contributed by atoms with E-state index in [1.807, 2.05) is 14.0 Å². The van der Waals surface area contributed by atoms with Crippen LogP contribution in [0.5, 0.6) is 0 Å². The lowest BCUT2D eigenvalue weighted by Gasteiger charge is -2.45. The Labute approximate surface area is 163 Å². The van der Waals surface area contributed by atoms with Crippen molar-refractivity contribution in [2.45, 2.75) is 52.5 Å². The Kier molecular flexibility index (Phi) is 8.23. The van der Waals surface area contributed by atoms with Crippen LogP contribution in [0.15, 0.2) is 0 Å². The van der Waals surface area contributed by atoms with E-state index in [1.165, 1.54) is 4.90 Å². The van der Waals surface area contributed by atoms with Gasteiger partial charge in [-0.2, -0.15) is 0 Å². The largest absolute Gasteiger partial charge is 0.336 e. The van der Waals surface area contributed by atoms with Crippen molar-refractivity contribution in [1.29, 1.82) is 0 Å². The van der Waals surface area contributed by atoms with E-state index in [0.29, 0.717) is 50.7 Å². The van der Waals surface area contributed by atoms with Gasteiger partial charge in [-0.05, 0) is 45.8 Å². The van der Waals surface area contributed by atoms with E-state index in [-0.39, 0.29) is 23.8 Å². The molecule has 27 heavy (non-hydrogen) atoms. The first-order valence-corrected chi connectivity index (χ1v) is 10.4. The molecule has 0 aromatic heterocycles. The second kappa shape index (κ2) is 10.2. The van der Waals surface area contributed by atoms with Gasteiger partial charge in [0.15, 0.2) is 0 Å². The Morgan fingerprint density at radius 3 is 2.52 bits per heavy atom. The lowest BCUT2D eigenvalue weighted by atomic mass is 9.74. The average molecular weight is 381 g/mol. The minimum absolute atomic E-state index is 0.110. The fraction of sp³-hybridized carbons (Fsp3) is 0.850. The third kappa shape index (κ3) is 5.51. The van der Waals surface area contributed by atoms with Crippen LogP contribution in [-0.4, -0.2) is 84.8 Å². The molecule has 1 N–H and O–H groups in total. The Hall–Kier alpha value is -1.47. The molecular weight excluding hydrogens is 344 g/mol. The zero-order valence-electron chi connectivity index (χ0n) is 17.4. The van der Waals surface area contributed by atoms with E-state index in [0.717, 1.165) is 26.1 Å². The third-order valence-corrected chi connectivity index (χ3v) is 6.19. The van der Waals surface area contributed by atoms with Crippen LogP contribution < -0.4 is 5.32 Å². The number of likely N-dealkylation sites (N-methyl/N-ethyl adjacent to an activating group) is 1. The summed E-state index contributed by atoms with van der Waals surface area (Å²) >= 11 is 0. The highest BCUT2D eigenvalue weighted by Gasteiger charge is 2.41. The van der Waals surface area contributed by atoms with Crippen LogP contribution in [0.25, 0.3) is 0 Å². The molecule has 7 heteroatoms. The number of amides is 3. The molecule has 0 radical (unpaired) electrons. The minimum Gasteiger partial charge on any atom is -0.336 e. The zero-order valence-corrected chi connectivity index (χ0v) is 17.4. The number of rotatable bonds is 7. The molecule has 1 aliphatic carbocycles. The second-order valence-corrected chi connectivity index (χ2v) is 7.82. The highest BCUT2D eigenvalue weighted by molar-refractivity contribution is 5.95. The first kappa shape index (κ1) is 21.8. The lowest BCUT2D eigenvalue weighted by Crippen LogP contribution is -2.55. The van der Waals surface area contributed by atoms with Gasteiger partial charge >= 0.3 is 6.03 Å². The van der Waals surface area contributed by atoms with Crippen LogP contribution in [0.1, 0.15) is 46.5 Å². The van der Waals surface area contributed by atoms with Crippen molar-refractivity contribution in [3.05, 3.63) is 0 Å². The number of fused-ring (bicyclic) bond motifs is 1. The first-order chi connectivity index (χ1) is 12.9. The summed E-state index contributed by atoms with van der Waals surface area (Å²) in [6.45, 7) is 10.3. The van der Waals surface area contributed by atoms with Gasteiger partial charge in [0.1, 0.15) is 5.78 Å². The summed E-state index contributed by atoms with van der Waals surface area (Å²) in [6.07, 6.45) is 2.83. The van der Waals surface area contributed by atoms with Crippen molar-refractivity contribution in [3.63, 3.8) is 0 Å². The molecule has 1 saturated heterocycles. The van der Waals surface area contributed by atoms with Gasteiger partial charge in [-0.25, -0.2) is 4.79 Å². The van der Waals surface area contributed by atoms with Gasteiger partial charge in [-0.1, -0.05) is 13.8 Å². The number of nitrogens with zero attached hydrogens (tertiary/aromatic N) is 3. The van der Waals surface area contributed by atoms with Crippen molar-refractivity contribution >= 4 is 17.7 Å². The smallest absolute Gasteiger partial charge is 0.324 e. The highest BCUT2D eigenvalue weighted by Crippen LogP contribution is 2.36. The summed E-state index contributed by atoms with van der Waals surface area (Å²) in [5.41, 5.74) is 0. The number of hydrogen-bond donors (Lipinski definition) is 1. The van der Waals surface area contributed by atoms with Gasteiger partial charge in [0, 0.05) is 45.1 Å². The van der Waals surface area contributed by atoms with E-state index >= 15 is 0 Å². The molecule has 0 bridgehead atoms. The molecule has 2 aliphatic rings. The van der Waals surface area contributed by atoms with Gasteiger partial charge in [0.25, 0.3) is 0 Å². The Morgan fingerprint density at radius 2 is 1.89 bits per heavy atom. The molecule has 2 rings (SSSR count). The first-order valence-electron chi connectivity index (χ1n) is 10.4. The number of ketones is 1. The van der Waals surface area contributed by atoms with Crippen LogP contribution in [-0.2, 0) is 9.59 Å². The predicted molar refractivity (Wildman–Crippen MR) is 105 cm³/mol. The SMILES string of the molecule is CCN(CC)CCNC(=O)N(CC)C(=O)[C@@H]1CC2CC(=O)CC[C@H]2N(C)C1. The van der Waals surface area contributed by atoms with Crippen molar-refractivity contribution in [2.24, 2.45) is 11.8 Å². The molecule has 2 fully saturated rings. The van der Waals surface area contributed by atoms with E-state index in [9.17, 15) is 14.4 Å². The molecule has 3 amide bonds. The summed E-state index contributed by atoms with van der Waals surface area (Å²) in [5.74, 6) is 0.222. The average Bonchev–Trinajstić information content (AvgIpc) is 2.65. The van der Waals surface area contributed by atoms with E-state index < -0.39 is 0 Å². The molecule has 1 heterocycles. The van der Waals surface area contributed by atoms with Gasteiger partial charge in [-0.15, -0.1) is 0 Å². The fourth-order valence-corrected chi connectivity index (χ4v) is 4.57. The lowest BCUT2D eigenvalue weighted by molar-refractivity contribution is -0.138. The predicted octanol–water partition coefficient (Wildman–Crippen LogP) is 1.58. The summed E-state index contributed by atoms with van der Waals surface area (Å²) in [5, 5.41) is 2.88. The molecule has 154 valence electrons. The molecular formula is C20H36N4O3. The maximum absolute atomic E-state index is 13.0. The van der Waals surface area contributed by atoms with Gasteiger partial charge in [-0.3, -0.25) is 14.5 Å². The van der Waals surface area contributed by atoms with Crippen LogP contribution >= 0.6 is 0 Å². The summed E-state index contributed by atoms with van der Waals surface area (Å²) in [4.78, 5) is 43.2. The number of Topliss-reactive ketones (excluding diaryl/α,β-unsaturated/α-hetero) is 1. The highest BCUT2D eigenvalue weighted by atomic mass is 16.2. The number of imide groups is 1. The Bertz CT molecular complexity index is 535. The van der Waals surface area contributed by atoms with Gasteiger partial charge in [0.2, 0.25) is 5.91 Å². The second-order valence-electron chi connectivity index (χ2n) is 7.82. The summed E-state index contributed by atoms with van der Waals surface area (Å²) in [6, 6.07) is 0.0869. The van der Waals surface area contributed by atoms with E-state index in [4.69, 9.17) is 0 Å². The maximum atomic E-state index is 13.0. The Balaban J connectivity index is 1.93. The molecule has 7 nitrogen and oxygen atoms in total. The number of piperidine rings is 1. The normalized spacial score (nSPS) is 26.0. The van der Waals surface area contributed by atoms with Crippen LogP contribution in [0.3, 0.4) is 0 Å².